The lowest BCUT2D eigenvalue weighted by Crippen LogP contribution is -2.05. The Hall–Kier alpha value is -3.06. The van der Waals surface area contributed by atoms with E-state index in [2.05, 4.69) is 11.4 Å². The highest BCUT2D eigenvalue weighted by atomic mass is 16.1. The summed E-state index contributed by atoms with van der Waals surface area (Å²) in [6.45, 7) is 1.47. The van der Waals surface area contributed by atoms with Crippen LogP contribution in [0.15, 0.2) is 42.5 Å². The Kier molecular flexibility index (Phi) is 4.37. The Morgan fingerprint density at radius 2 is 1.90 bits per heavy atom. The van der Waals surface area contributed by atoms with Gasteiger partial charge in [-0.3, -0.25) is 4.79 Å². The van der Waals surface area contributed by atoms with Crippen LogP contribution in [-0.4, -0.2) is 5.91 Å². The zero-order valence-electron chi connectivity index (χ0n) is 11.6. The Labute approximate surface area is 123 Å². The molecule has 0 bridgehead atoms. The van der Waals surface area contributed by atoms with Gasteiger partial charge in [-0.05, 0) is 35.4 Å². The van der Waals surface area contributed by atoms with Crippen LogP contribution in [0.3, 0.4) is 0 Å². The largest absolute Gasteiger partial charge is 0.399 e. The van der Waals surface area contributed by atoms with Crippen molar-refractivity contribution >= 4 is 29.4 Å². The Balaban J connectivity index is 2.18. The van der Waals surface area contributed by atoms with Crippen molar-refractivity contribution in [2.75, 3.05) is 11.1 Å². The van der Waals surface area contributed by atoms with Crippen LogP contribution in [0.4, 0.5) is 11.4 Å². The van der Waals surface area contributed by atoms with Gasteiger partial charge < -0.3 is 11.1 Å². The molecule has 0 spiro atoms. The van der Waals surface area contributed by atoms with E-state index in [0.717, 1.165) is 16.8 Å². The summed E-state index contributed by atoms with van der Waals surface area (Å²) in [4.78, 5) is 10.9. The Morgan fingerprint density at radius 1 is 1.19 bits per heavy atom. The number of hydrogen-bond acceptors (Lipinski definition) is 3. The summed E-state index contributed by atoms with van der Waals surface area (Å²) in [7, 11) is 0. The third-order valence-corrected chi connectivity index (χ3v) is 2.88. The smallest absolute Gasteiger partial charge is 0.221 e. The average Bonchev–Trinajstić information content (AvgIpc) is 2.46. The molecule has 2 aromatic rings. The van der Waals surface area contributed by atoms with Gasteiger partial charge in [0.2, 0.25) is 5.91 Å². The molecule has 104 valence electrons. The summed E-state index contributed by atoms with van der Waals surface area (Å²) in [5, 5.41) is 11.8. The van der Waals surface area contributed by atoms with Crippen LogP contribution in [0.2, 0.25) is 0 Å². The molecule has 3 N–H and O–H groups in total. The van der Waals surface area contributed by atoms with Crippen molar-refractivity contribution in [2.24, 2.45) is 0 Å². The van der Waals surface area contributed by atoms with Crippen LogP contribution in [0, 0.1) is 11.3 Å². The minimum atomic E-state index is -0.0983. The van der Waals surface area contributed by atoms with E-state index in [1.54, 1.807) is 12.1 Å². The van der Waals surface area contributed by atoms with E-state index in [1.165, 1.54) is 6.92 Å². The van der Waals surface area contributed by atoms with Crippen LogP contribution in [-0.2, 0) is 4.79 Å². The van der Waals surface area contributed by atoms with E-state index < -0.39 is 0 Å². The summed E-state index contributed by atoms with van der Waals surface area (Å²) in [6, 6.07) is 14.8. The number of amides is 1. The van der Waals surface area contributed by atoms with E-state index in [9.17, 15) is 4.79 Å². The molecule has 0 aliphatic carbocycles. The quantitative estimate of drug-likeness (QED) is 0.667. The van der Waals surface area contributed by atoms with Gasteiger partial charge in [-0.15, -0.1) is 0 Å². The van der Waals surface area contributed by atoms with Crippen molar-refractivity contribution in [3.8, 4) is 6.07 Å². The number of hydrogen-bond donors (Lipinski definition) is 2. The molecule has 0 fully saturated rings. The second kappa shape index (κ2) is 6.40. The van der Waals surface area contributed by atoms with Gasteiger partial charge in [0.25, 0.3) is 0 Å². The SMILES string of the molecule is CC(=O)Nc1ccc(C=Cc2ccc(N)cc2C#N)cc1. The number of anilines is 2. The molecule has 0 saturated carbocycles. The minimum Gasteiger partial charge on any atom is -0.399 e. The molecule has 0 unspecified atom stereocenters. The summed E-state index contributed by atoms with van der Waals surface area (Å²) in [6.07, 6.45) is 3.77. The molecule has 0 radical (unpaired) electrons. The molecule has 4 nitrogen and oxygen atoms in total. The first-order valence-corrected chi connectivity index (χ1v) is 6.44. The second-order valence-corrected chi connectivity index (χ2v) is 4.60. The first-order chi connectivity index (χ1) is 10.1. The normalized spacial score (nSPS) is 10.3. The fourth-order valence-corrected chi connectivity index (χ4v) is 1.88. The molecule has 0 aliphatic heterocycles. The van der Waals surface area contributed by atoms with Crippen LogP contribution in [0.5, 0.6) is 0 Å². The zero-order chi connectivity index (χ0) is 15.2. The predicted octanol–water partition coefficient (Wildman–Crippen LogP) is 3.27. The van der Waals surface area contributed by atoms with Gasteiger partial charge in [0.05, 0.1) is 11.6 Å². The first kappa shape index (κ1) is 14.4. The third-order valence-electron chi connectivity index (χ3n) is 2.88. The number of nitrogens with zero attached hydrogens (tertiary/aromatic N) is 1. The van der Waals surface area contributed by atoms with Gasteiger partial charge in [-0.25, -0.2) is 0 Å². The summed E-state index contributed by atoms with van der Waals surface area (Å²) in [5.74, 6) is -0.0983. The number of nitriles is 1. The summed E-state index contributed by atoms with van der Waals surface area (Å²) in [5.41, 5.74) is 9.32. The highest BCUT2D eigenvalue weighted by Crippen LogP contribution is 2.17. The van der Waals surface area contributed by atoms with Gasteiger partial charge in [-0.1, -0.05) is 30.4 Å². The molecule has 1 amide bonds. The molecule has 4 heteroatoms. The van der Waals surface area contributed by atoms with Crippen molar-refractivity contribution in [1.82, 2.24) is 0 Å². The number of carbonyl (C=O) groups excluding carboxylic acids is 1. The highest BCUT2D eigenvalue weighted by Gasteiger charge is 1.99. The van der Waals surface area contributed by atoms with Gasteiger partial charge >= 0.3 is 0 Å². The number of nitrogens with one attached hydrogen (secondary N) is 1. The maximum atomic E-state index is 10.9. The number of rotatable bonds is 3. The number of nitrogen functional groups attached to an aromatic ring is 1. The fourth-order valence-electron chi connectivity index (χ4n) is 1.88. The van der Waals surface area contributed by atoms with Crippen LogP contribution in [0.25, 0.3) is 12.2 Å². The number of nitrogens with two attached hydrogens (primary N) is 1. The molecule has 0 aliphatic rings. The molecule has 0 heterocycles. The van der Waals surface area contributed by atoms with Crippen molar-refractivity contribution < 1.29 is 4.79 Å². The van der Waals surface area contributed by atoms with E-state index in [-0.39, 0.29) is 5.91 Å². The Bertz CT molecular complexity index is 725. The molecule has 0 saturated heterocycles. The monoisotopic (exact) mass is 277 g/mol. The fraction of sp³-hybridized carbons (Fsp3) is 0.0588. The third kappa shape index (κ3) is 3.95. The topological polar surface area (TPSA) is 78.9 Å². The summed E-state index contributed by atoms with van der Waals surface area (Å²) < 4.78 is 0. The first-order valence-electron chi connectivity index (χ1n) is 6.44. The maximum Gasteiger partial charge on any atom is 0.221 e. The van der Waals surface area contributed by atoms with E-state index in [4.69, 9.17) is 11.0 Å². The molecule has 2 aromatic carbocycles. The minimum absolute atomic E-state index is 0.0983. The van der Waals surface area contributed by atoms with Gasteiger partial charge in [0.15, 0.2) is 0 Å². The lowest BCUT2D eigenvalue weighted by Gasteiger charge is -2.02. The van der Waals surface area contributed by atoms with Crippen molar-refractivity contribution in [3.05, 3.63) is 59.2 Å². The molecular weight excluding hydrogens is 262 g/mol. The van der Waals surface area contributed by atoms with Gasteiger partial charge in [0.1, 0.15) is 0 Å². The van der Waals surface area contributed by atoms with E-state index in [0.29, 0.717) is 11.3 Å². The second-order valence-electron chi connectivity index (χ2n) is 4.60. The molecule has 21 heavy (non-hydrogen) atoms. The lowest BCUT2D eigenvalue weighted by molar-refractivity contribution is -0.114. The Morgan fingerprint density at radius 3 is 2.52 bits per heavy atom. The van der Waals surface area contributed by atoms with Crippen molar-refractivity contribution in [1.29, 1.82) is 5.26 Å². The van der Waals surface area contributed by atoms with Crippen LogP contribution >= 0.6 is 0 Å². The highest BCUT2D eigenvalue weighted by molar-refractivity contribution is 5.88. The van der Waals surface area contributed by atoms with Crippen LogP contribution in [0.1, 0.15) is 23.6 Å². The summed E-state index contributed by atoms with van der Waals surface area (Å²) >= 11 is 0. The van der Waals surface area contributed by atoms with Crippen molar-refractivity contribution in [3.63, 3.8) is 0 Å². The van der Waals surface area contributed by atoms with E-state index in [1.807, 2.05) is 42.5 Å². The van der Waals surface area contributed by atoms with E-state index >= 15 is 0 Å². The standard InChI is InChI=1S/C17H15N3O/c1-12(21)20-17-8-3-13(4-9-17)2-5-14-6-7-16(19)10-15(14)11-18/h2-10H,19H2,1H3,(H,20,21). The lowest BCUT2D eigenvalue weighted by atomic mass is 10.1. The molecule has 2 rings (SSSR count). The van der Waals surface area contributed by atoms with Gasteiger partial charge in [-0.2, -0.15) is 5.26 Å². The number of benzene rings is 2. The molecule has 0 aromatic heterocycles. The molecule has 0 atom stereocenters. The van der Waals surface area contributed by atoms with Crippen molar-refractivity contribution in [2.45, 2.75) is 6.92 Å². The zero-order valence-corrected chi connectivity index (χ0v) is 11.6. The maximum absolute atomic E-state index is 10.9. The molecular formula is C17H15N3O. The number of carbonyl (C=O) groups is 1. The predicted molar refractivity (Wildman–Crippen MR) is 85.2 cm³/mol. The van der Waals surface area contributed by atoms with Crippen LogP contribution < -0.4 is 11.1 Å². The average molecular weight is 277 g/mol. The van der Waals surface area contributed by atoms with Gasteiger partial charge in [0, 0.05) is 18.3 Å².